The van der Waals surface area contributed by atoms with Crippen LogP contribution in [-0.2, 0) is 0 Å². The van der Waals surface area contributed by atoms with E-state index in [0.717, 1.165) is 20.4 Å². The van der Waals surface area contributed by atoms with Crippen LogP contribution in [0.3, 0.4) is 0 Å². The lowest BCUT2D eigenvalue weighted by molar-refractivity contribution is 0.0948. The molecule has 0 fully saturated rings. The van der Waals surface area contributed by atoms with E-state index < -0.39 is 0 Å². The lowest BCUT2D eigenvalue weighted by Gasteiger charge is -2.29. The Hall–Kier alpha value is 0.480. The van der Waals surface area contributed by atoms with Crippen molar-refractivity contribution in [2.24, 2.45) is 0 Å². The van der Waals surface area contributed by atoms with Gasteiger partial charge in [-0.3, -0.25) is 4.79 Å². The fourth-order valence-corrected chi connectivity index (χ4v) is 5.28. The molecule has 0 saturated carbocycles. The highest BCUT2D eigenvalue weighted by Crippen LogP contribution is 2.33. The molecule has 0 bridgehead atoms. The van der Waals surface area contributed by atoms with Crippen LogP contribution in [0.4, 0.5) is 0 Å². The van der Waals surface area contributed by atoms with E-state index in [1.165, 1.54) is 11.3 Å². The Bertz CT molecular complexity index is 408. The number of nitrogens with one attached hydrogen (secondary N) is 1. The van der Waals surface area contributed by atoms with Gasteiger partial charge in [-0.25, -0.2) is 0 Å². The molecule has 1 heterocycles. The highest BCUT2D eigenvalue weighted by molar-refractivity contribution is 9.12. The van der Waals surface area contributed by atoms with Gasteiger partial charge in [-0.1, -0.05) is 13.8 Å². The monoisotopic (exact) mass is 413 g/mol. The Morgan fingerprint density at radius 3 is 2.44 bits per heavy atom. The Morgan fingerprint density at radius 2 is 2.06 bits per heavy atom. The molecule has 1 N–H and O–H groups in total. The van der Waals surface area contributed by atoms with Gasteiger partial charge in [0.1, 0.15) is 0 Å². The van der Waals surface area contributed by atoms with Gasteiger partial charge in [0, 0.05) is 11.3 Å². The number of hydrogen-bond acceptors (Lipinski definition) is 3. The van der Waals surface area contributed by atoms with E-state index >= 15 is 0 Å². The van der Waals surface area contributed by atoms with Crippen molar-refractivity contribution in [1.82, 2.24) is 5.32 Å². The summed E-state index contributed by atoms with van der Waals surface area (Å²) in [6.07, 6.45) is 4.22. The number of thioether (sulfide) groups is 1. The summed E-state index contributed by atoms with van der Waals surface area (Å²) in [7, 11) is 0. The first kappa shape index (κ1) is 16.5. The normalized spacial score (nSPS) is 11.6. The number of amides is 1. The van der Waals surface area contributed by atoms with Crippen LogP contribution in [0.2, 0.25) is 0 Å². The minimum absolute atomic E-state index is 0.0100. The van der Waals surface area contributed by atoms with Crippen LogP contribution in [0.25, 0.3) is 0 Å². The maximum atomic E-state index is 12.1. The second kappa shape index (κ2) is 7.31. The predicted octanol–water partition coefficient (Wildman–Crippen LogP) is 4.92. The number of carbonyl (C=O) groups excluding carboxylic acids is 1. The summed E-state index contributed by atoms with van der Waals surface area (Å²) < 4.78 is 1.98. The zero-order valence-electron chi connectivity index (χ0n) is 10.7. The van der Waals surface area contributed by atoms with Crippen molar-refractivity contribution in [3.05, 3.63) is 19.2 Å². The Balaban J connectivity index is 2.69. The van der Waals surface area contributed by atoms with Gasteiger partial charge in [-0.15, -0.1) is 11.3 Å². The molecule has 0 radical (unpaired) electrons. The average molecular weight is 415 g/mol. The maximum absolute atomic E-state index is 12.1. The minimum atomic E-state index is -0.0100. The Kier molecular flexibility index (Phi) is 6.72. The van der Waals surface area contributed by atoms with Crippen molar-refractivity contribution in [1.29, 1.82) is 0 Å². The summed E-state index contributed by atoms with van der Waals surface area (Å²) in [5, 5.41) is 3.04. The highest BCUT2D eigenvalue weighted by atomic mass is 79.9. The van der Waals surface area contributed by atoms with E-state index in [1.807, 2.05) is 17.8 Å². The quantitative estimate of drug-likeness (QED) is 0.715. The molecule has 6 heteroatoms. The first-order chi connectivity index (χ1) is 8.48. The third-order valence-corrected chi connectivity index (χ3v) is 7.12. The van der Waals surface area contributed by atoms with Gasteiger partial charge >= 0.3 is 0 Å². The number of rotatable bonds is 6. The second-order valence-corrected chi connectivity index (χ2v) is 9.04. The van der Waals surface area contributed by atoms with E-state index in [9.17, 15) is 4.79 Å². The number of thiophene rings is 1. The smallest absolute Gasteiger partial charge is 0.253 e. The number of carbonyl (C=O) groups is 1. The fourth-order valence-electron chi connectivity index (χ4n) is 1.69. The van der Waals surface area contributed by atoms with E-state index in [0.29, 0.717) is 12.1 Å². The van der Waals surface area contributed by atoms with Crippen molar-refractivity contribution in [2.45, 2.75) is 31.4 Å². The molecule has 2 nitrogen and oxygen atoms in total. The molecule has 0 aliphatic heterocycles. The van der Waals surface area contributed by atoms with Crippen LogP contribution in [0, 0.1) is 0 Å². The van der Waals surface area contributed by atoms with Gasteiger partial charge < -0.3 is 5.32 Å². The summed E-state index contributed by atoms with van der Waals surface area (Å²) >= 11 is 10.1. The van der Waals surface area contributed by atoms with Crippen molar-refractivity contribution in [2.75, 3.05) is 12.8 Å². The second-order valence-electron chi connectivity index (χ2n) is 4.01. The lowest BCUT2D eigenvalue weighted by atomic mass is 10.0. The van der Waals surface area contributed by atoms with Gasteiger partial charge in [-0.2, -0.15) is 11.8 Å². The van der Waals surface area contributed by atoms with Gasteiger partial charge in [0.05, 0.1) is 13.1 Å². The van der Waals surface area contributed by atoms with E-state index in [-0.39, 0.29) is 10.7 Å². The van der Waals surface area contributed by atoms with Crippen molar-refractivity contribution in [3.8, 4) is 0 Å². The molecular formula is C12H17Br2NOS2. The van der Waals surface area contributed by atoms with Crippen molar-refractivity contribution >= 4 is 60.9 Å². The third kappa shape index (κ3) is 3.99. The summed E-state index contributed by atoms with van der Waals surface area (Å²) in [4.78, 5) is 12.1. The largest absolute Gasteiger partial charge is 0.351 e. The molecule has 1 aromatic rings. The zero-order chi connectivity index (χ0) is 13.8. The molecule has 0 saturated heterocycles. The van der Waals surface area contributed by atoms with Crippen LogP contribution in [0.5, 0.6) is 0 Å². The Morgan fingerprint density at radius 1 is 1.44 bits per heavy atom. The summed E-state index contributed by atoms with van der Waals surface area (Å²) in [6, 6.07) is 1.85. The number of hydrogen-bond donors (Lipinski definition) is 1. The molecule has 0 atom stereocenters. The van der Waals surface area contributed by atoms with E-state index in [1.54, 1.807) is 0 Å². The molecule has 0 aromatic carbocycles. The standard InChI is InChI=1S/C12H17Br2NOS2/c1-4-12(5-2,17-3)7-15-11(16)8-6-9(13)18-10(8)14/h6H,4-5,7H2,1-3H3,(H,15,16). The zero-order valence-corrected chi connectivity index (χ0v) is 15.5. The average Bonchev–Trinajstić information content (AvgIpc) is 2.70. The third-order valence-electron chi connectivity index (χ3n) is 3.19. The van der Waals surface area contributed by atoms with Crippen LogP contribution in [-0.4, -0.2) is 23.5 Å². The van der Waals surface area contributed by atoms with Gasteiger partial charge in [0.25, 0.3) is 5.91 Å². The molecular weight excluding hydrogens is 398 g/mol. The molecule has 0 unspecified atom stereocenters. The maximum Gasteiger partial charge on any atom is 0.253 e. The fraction of sp³-hybridized carbons (Fsp3) is 0.583. The molecule has 102 valence electrons. The first-order valence-corrected chi connectivity index (χ1v) is 9.39. The van der Waals surface area contributed by atoms with Crippen LogP contribution < -0.4 is 5.32 Å². The van der Waals surface area contributed by atoms with Crippen LogP contribution in [0.1, 0.15) is 37.0 Å². The van der Waals surface area contributed by atoms with Gasteiger partial charge in [0.2, 0.25) is 0 Å². The van der Waals surface area contributed by atoms with Gasteiger partial charge in [-0.05, 0) is 57.0 Å². The van der Waals surface area contributed by atoms with Crippen molar-refractivity contribution in [3.63, 3.8) is 0 Å². The molecule has 18 heavy (non-hydrogen) atoms. The van der Waals surface area contributed by atoms with Crippen LogP contribution >= 0.6 is 55.0 Å². The topological polar surface area (TPSA) is 29.1 Å². The van der Waals surface area contributed by atoms with Crippen molar-refractivity contribution < 1.29 is 4.79 Å². The first-order valence-electron chi connectivity index (χ1n) is 5.76. The molecule has 1 aromatic heterocycles. The molecule has 1 amide bonds. The Labute approximate surface area is 134 Å². The molecule has 0 spiro atoms. The summed E-state index contributed by atoms with van der Waals surface area (Å²) in [6.45, 7) is 5.05. The van der Waals surface area contributed by atoms with E-state index in [2.05, 4.69) is 57.3 Å². The molecule has 0 aliphatic carbocycles. The molecule has 0 aliphatic rings. The predicted molar refractivity (Wildman–Crippen MR) is 88.9 cm³/mol. The van der Waals surface area contributed by atoms with Gasteiger partial charge in [0.15, 0.2) is 0 Å². The van der Waals surface area contributed by atoms with E-state index in [4.69, 9.17) is 0 Å². The summed E-state index contributed by atoms with van der Waals surface area (Å²) in [5.41, 5.74) is 0.703. The number of halogens is 2. The highest BCUT2D eigenvalue weighted by Gasteiger charge is 2.26. The summed E-state index contributed by atoms with van der Waals surface area (Å²) in [5.74, 6) is -0.0100. The SMILES string of the molecule is CCC(CC)(CNC(=O)c1cc(Br)sc1Br)SC. The lowest BCUT2D eigenvalue weighted by Crippen LogP contribution is -2.39. The minimum Gasteiger partial charge on any atom is -0.351 e. The molecule has 1 rings (SSSR count). The van der Waals surface area contributed by atoms with Crippen LogP contribution in [0.15, 0.2) is 13.6 Å².